The largest absolute Gasteiger partial charge is 0.469 e. The normalized spacial score (nSPS) is 17.6. The number of rotatable bonds is 3. The van der Waals surface area contributed by atoms with Crippen LogP contribution < -0.4 is 5.32 Å². The number of carbonyl (C=O) groups is 2. The van der Waals surface area contributed by atoms with E-state index in [0.29, 0.717) is 24.4 Å². The van der Waals surface area contributed by atoms with E-state index in [2.05, 4.69) is 5.32 Å². The number of aryl methyl sites for hydroxylation is 2. The molecule has 3 rings (SSSR count). The highest BCUT2D eigenvalue weighted by Gasteiger charge is 2.30. The Hall–Kier alpha value is -2.56. The summed E-state index contributed by atoms with van der Waals surface area (Å²) in [4.78, 5) is 26.8. The average Bonchev–Trinajstić information content (AvgIpc) is 3.02. The lowest BCUT2D eigenvalue weighted by atomic mass is 9.96. The van der Waals surface area contributed by atoms with E-state index in [4.69, 9.17) is 4.42 Å². The molecule has 0 radical (unpaired) electrons. The molecule has 1 aromatic heterocycles. The fourth-order valence-corrected chi connectivity index (χ4v) is 3.03. The number of anilines is 1. The van der Waals surface area contributed by atoms with E-state index in [-0.39, 0.29) is 17.7 Å². The van der Waals surface area contributed by atoms with E-state index < -0.39 is 0 Å². The lowest BCUT2D eigenvalue weighted by Gasteiger charge is -2.32. The fraction of sp³-hybridized carbons (Fsp3) is 0.368. The van der Waals surface area contributed by atoms with Crippen LogP contribution in [0.5, 0.6) is 0 Å². The summed E-state index contributed by atoms with van der Waals surface area (Å²) < 4.78 is 5.21. The van der Waals surface area contributed by atoms with Gasteiger partial charge in [0, 0.05) is 18.8 Å². The predicted octanol–water partition coefficient (Wildman–Crippen LogP) is 3.39. The zero-order valence-corrected chi connectivity index (χ0v) is 14.0. The monoisotopic (exact) mass is 326 g/mol. The number of furan rings is 1. The van der Waals surface area contributed by atoms with Crippen LogP contribution in [0.1, 0.15) is 34.5 Å². The van der Waals surface area contributed by atoms with Gasteiger partial charge in [0.25, 0.3) is 5.91 Å². The van der Waals surface area contributed by atoms with Crippen molar-refractivity contribution in [2.75, 3.05) is 18.4 Å². The van der Waals surface area contributed by atoms with Gasteiger partial charge in [0.05, 0.1) is 17.7 Å². The minimum Gasteiger partial charge on any atom is -0.469 e. The SMILES string of the molecule is Cc1ccc(NC(=O)C2CCCN(C(=O)c3ccoc3C)C2)cc1. The number of hydrogen-bond donors (Lipinski definition) is 1. The lowest BCUT2D eigenvalue weighted by Crippen LogP contribution is -2.43. The molecule has 0 aliphatic carbocycles. The van der Waals surface area contributed by atoms with E-state index in [1.54, 1.807) is 17.9 Å². The first kappa shape index (κ1) is 16.3. The number of hydrogen-bond acceptors (Lipinski definition) is 3. The van der Waals surface area contributed by atoms with Gasteiger partial charge in [0.1, 0.15) is 5.76 Å². The molecule has 24 heavy (non-hydrogen) atoms. The zero-order chi connectivity index (χ0) is 17.1. The van der Waals surface area contributed by atoms with Crippen molar-refractivity contribution in [1.29, 1.82) is 0 Å². The van der Waals surface area contributed by atoms with Gasteiger partial charge in [0.2, 0.25) is 5.91 Å². The predicted molar refractivity (Wildman–Crippen MR) is 91.9 cm³/mol. The van der Waals surface area contributed by atoms with Crippen LogP contribution in [0.25, 0.3) is 0 Å². The molecular formula is C19H22N2O3. The number of piperidine rings is 1. The molecule has 1 aromatic carbocycles. The van der Waals surface area contributed by atoms with Gasteiger partial charge in [-0.1, -0.05) is 17.7 Å². The highest BCUT2D eigenvalue weighted by atomic mass is 16.3. The number of nitrogens with zero attached hydrogens (tertiary/aromatic N) is 1. The number of benzene rings is 1. The Labute approximate surface area is 141 Å². The number of carbonyl (C=O) groups excluding carboxylic acids is 2. The van der Waals surface area contributed by atoms with Gasteiger partial charge in [-0.15, -0.1) is 0 Å². The molecule has 0 saturated carbocycles. The standard InChI is InChI=1S/C19H22N2O3/c1-13-5-7-16(8-6-13)20-18(22)15-4-3-10-21(12-15)19(23)17-9-11-24-14(17)2/h5-9,11,15H,3-4,10,12H2,1-2H3,(H,20,22). The molecule has 1 saturated heterocycles. The van der Waals surface area contributed by atoms with Crippen LogP contribution in [0.4, 0.5) is 5.69 Å². The molecule has 1 aliphatic heterocycles. The third-order valence-electron chi connectivity index (χ3n) is 4.49. The molecule has 2 amide bonds. The quantitative estimate of drug-likeness (QED) is 0.940. The smallest absolute Gasteiger partial charge is 0.257 e. The molecule has 5 heteroatoms. The van der Waals surface area contributed by atoms with Gasteiger partial charge in [-0.2, -0.15) is 0 Å². The van der Waals surface area contributed by atoms with Crippen LogP contribution in [-0.2, 0) is 4.79 Å². The first-order chi connectivity index (χ1) is 11.5. The second-order valence-corrected chi connectivity index (χ2v) is 6.34. The molecule has 126 valence electrons. The molecular weight excluding hydrogens is 304 g/mol. The van der Waals surface area contributed by atoms with Gasteiger partial charge < -0.3 is 14.6 Å². The Morgan fingerprint density at radius 2 is 1.92 bits per heavy atom. The summed E-state index contributed by atoms with van der Waals surface area (Å²) in [6.07, 6.45) is 3.15. The van der Waals surface area contributed by atoms with Crippen molar-refractivity contribution in [3.05, 3.63) is 53.5 Å². The summed E-state index contributed by atoms with van der Waals surface area (Å²) in [5.41, 5.74) is 2.52. The maximum Gasteiger partial charge on any atom is 0.257 e. The molecule has 1 fully saturated rings. The zero-order valence-electron chi connectivity index (χ0n) is 14.0. The van der Waals surface area contributed by atoms with Gasteiger partial charge >= 0.3 is 0 Å². The van der Waals surface area contributed by atoms with Crippen LogP contribution in [-0.4, -0.2) is 29.8 Å². The van der Waals surface area contributed by atoms with Crippen molar-refractivity contribution in [3.63, 3.8) is 0 Å². The fourth-order valence-electron chi connectivity index (χ4n) is 3.03. The van der Waals surface area contributed by atoms with Crippen molar-refractivity contribution in [1.82, 2.24) is 4.90 Å². The van der Waals surface area contributed by atoms with Crippen LogP contribution in [0.2, 0.25) is 0 Å². The molecule has 0 bridgehead atoms. The highest BCUT2D eigenvalue weighted by Crippen LogP contribution is 2.22. The van der Waals surface area contributed by atoms with Crippen molar-refractivity contribution in [3.8, 4) is 0 Å². The summed E-state index contributed by atoms with van der Waals surface area (Å²) in [5, 5.41) is 2.95. The van der Waals surface area contributed by atoms with Crippen molar-refractivity contribution in [2.24, 2.45) is 5.92 Å². The minimum absolute atomic E-state index is 0.0275. The number of nitrogens with one attached hydrogen (secondary N) is 1. The Bertz CT molecular complexity index is 733. The Morgan fingerprint density at radius 1 is 1.17 bits per heavy atom. The van der Waals surface area contributed by atoms with Gasteiger partial charge in [-0.25, -0.2) is 0 Å². The molecule has 1 aliphatic rings. The van der Waals surface area contributed by atoms with Crippen LogP contribution >= 0.6 is 0 Å². The molecule has 2 aromatic rings. The summed E-state index contributed by atoms with van der Waals surface area (Å²) >= 11 is 0. The highest BCUT2D eigenvalue weighted by molar-refractivity contribution is 5.96. The Morgan fingerprint density at radius 3 is 2.58 bits per heavy atom. The number of likely N-dealkylation sites (tertiary alicyclic amines) is 1. The third kappa shape index (κ3) is 3.50. The van der Waals surface area contributed by atoms with E-state index in [1.165, 1.54) is 6.26 Å². The van der Waals surface area contributed by atoms with Crippen LogP contribution in [0, 0.1) is 19.8 Å². The minimum atomic E-state index is -0.184. The van der Waals surface area contributed by atoms with Gasteiger partial charge in [0.15, 0.2) is 0 Å². The van der Waals surface area contributed by atoms with E-state index in [0.717, 1.165) is 24.1 Å². The van der Waals surface area contributed by atoms with Crippen molar-refractivity contribution in [2.45, 2.75) is 26.7 Å². The Kier molecular flexibility index (Phi) is 4.69. The topological polar surface area (TPSA) is 62.6 Å². The molecule has 1 unspecified atom stereocenters. The van der Waals surface area contributed by atoms with Crippen molar-refractivity contribution >= 4 is 17.5 Å². The molecule has 1 atom stereocenters. The summed E-state index contributed by atoms with van der Waals surface area (Å²) in [5.74, 6) is 0.344. The van der Waals surface area contributed by atoms with Crippen LogP contribution in [0.15, 0.2) is 41.0 Å². The number of amides is 2. The molecule has 2 heterocycles. The maximum atomic E-state index is 12.6. The van der Waals surface area contributed by atoms with Gasteiger partial charge in [-0.3, -0.25) is 9.59 Å². The van der Waals surface area contributed by atoms with Gasteiger partial charge in [-0.05, 0) is 44.9 Å². The summed E-state index contributed by atoms with van der Waals surface area (Å²) in [6, 6.07) is 9.41. The third-order valence-corrected chi connectivity index (χ3v) is 4.49. The summed E-state index contributed by atoms with van der Waals surface area (Å²) in [6.45, 7) is 4.91. The molecule has 0 spiro atoms. The molecule has 1 N–H and O–H groups in total. The van der Waals surface area contributed by atoms with E-state index >= 15 is 0 Å². The second-order valence-electron chi connectivity index (χ2n) is 6.34. The summed E-state index contributed by atoms with van der Waals surface area (Å²) in [7, 11) is 0. The first-order valence-corrected chi connectivity index (χ1v) is 8.25. The maximum absolute atomic E-state index is 12.6. The van der Waals surface area contributed by atoms with E-state index in [1.807, 2.05) is 31.2 Å². The first-order valence-electron chi connectivity index (χ1n) is 8.25. The van der Waals surface area contributed by atoms with Crippen LogP contribution in [0.3, 0.4) is 0 Å². The lowest BCUT2D eigenvalue weighted by molar-refractivity contribution is -0.121. The molecule has 5 nitrogen and oxygen atoms in total. The van der Waals surface area contributed by atoms with Crippen molar-refractivity contribution < 1.29 is 14.0 Å². The van der Waals surface area contributed by atoms with E-state index in [9.17, 15) is 9.59 Å². The Balaban J connectivity index is 1.64. The average molecular weight is 326 g/mol. The second kappa shape index (κ2) is 6.91.